The van der Waals surface area contributed by atoms with Gasteiger partial charge in [0.25, 0.3) is 0 Å². The molecule has 3 rings (SSSR count). The van der Waals surface area contributed by atoms with E-state index in [4.69, 9.17) is 23.2 Å². The lowest BCUT2D eigenvalue weighted by atomic mass is 10.2. The summed E-state index contributed by atoms with van der Waals surface area (Å²) in [6, 6.07) is 12.8. The molecular weight excluding hydrogens is 295 g/mol. The first-order valence-corrected chi connectivity index (χ1v) is 6.78. The number of halogens is 2. The maximum Gasteiger partial charge on any atom is 0.352 e. The van der Waals surface area contributed by atoms with E-state index >= 15 is 0 Å². The van der Waals surface area contributed by atoms with Crippen molar-refractivity contribution < 1.29 is 0 Å². The molecule has 0 unspecified atom stereocenters. The Balaban J connectivity index is 2.55. The number of hydrogen-bond donors (Lipinski definition) is 0. The van der Waals surface area contributed by atoms with Crippen LogP contribution in [0, 0.1) is 6.92 Å². The van der Waals surface area contributed by atoms with Gasteiger partial charge in [-0.1, -0.05) is 41.4 Å². The minimum atomic E-state index is -0.370. The van der Waals surface area contributed by atoms with Gasteiger partial charge in [-0.3, -0.25) is 4.57 Å². The van der Waals surface area contributed by atoms with Gasteiger partial charge in [0.1, 0.15) is 0 Å². The molecule has 0 saturated carbocycles. The van der Waals surface area contributed by atoms with E-state index in [1.807, 2.05) is 36.4 Å². The second-order valence-electron chi connectivity index (χ2n) is 4.41. The fourth-order valence-corrected chi connectivity index (χ4v) is 2.62. The van der Waals surface area contributed by atoms with Crippen LogP contribution in [0.5, 0.6) is 0 Å². The molecule has 1 aromatic heterocycles. The van der Waals surface area contributed by atoms with Crippen molar-refractivity contribution in [3.8, 4) is 5.69 Å². The van der Waals surface area contributed by atoms with Gasteiger partial charge in [0.05, 0.1) is 26.9 Å². The van der Waals surface area contributed by atoms with Crippen LogP contribution < -0.4 is 5.69 Å². The van der Waals surface area contributed by atoms with Gasteiger partial charge in [-0.25, -0.2) is 4.79 Å². The van der Waals surface area contributed by atoms with Crippen LogP contribution in [0.4, 0.5) is 0 Å². The Bertz CT molecular complexity index is 857. The third kappa shape index (κ3) is 1.99. The molecule has 0 saturated heterocycles. The van der Waals surface area contributed by atoms with E-state index < -0.39 is 0 Å². The number of aryl methyl sites for hydroxylation is 1. The van der Waals surface area contributed by atoms with E-state index in [2.05, 4.69) is 4.98 Å². The molecule has 0 atom stereocenters. The maximum atomic E-state index is 12.3. The van der Waals surface area contributed by atoms with Crippen molar-refractivity contribution in [2.45, 2.75) is 6.92 Å². The number of benzene rings is 2. The molecule has 0 spiro atoms. The molecule has 0 bridgehead atoms. The average Bonchev–Trinajstić information content (AvgIpc) is 2.44. The number of rotatable bonds is 1. The molecule has 3 aromatic rings. The Hall–Kier alpha value is -1.84. The molecule has 0 aliphatic heterocycles. The summed E-state index contributed by atoms with van der Waals surface area (Å²) >= 11 is 12.4. The van der Waals surface area contributed by atoms with Crippen molar-refractivity contribution in [3.63, 3.8) is 0 Å². The largest absolute Gasteiger partial charge is 0.352 e. The van der Waals surface area contributed by atoms with E-state index in [1.165, 1.54) is 4.57 Å². The smallest absolute Gasteiger partial charge is 0.259 e. The van der Waals surface area contributed by atoms with Crippen LogP contribution in [0.25, 0.3) is 16.6 Å². The molecule has 0 N–H and O–H groups in total. The predicted molar refractivity (Wildman–Crippen MR) is 82.1 cm³/mol. The highest BCUT2D eigenvalue weighted by Gasteiger charge is 2.14. The topological polar surface area (TPSA) is 34.9 Å². The van der Waals surface area contributed by atoms with E-state index in [-0.39, 0.29) is 5.69 Å². The van der Waals surface area contributed by atoms with Crippen LogP contribution >= 0.6 is 23.2 Å². The van der Waals surface area contributed by atoms with Crippen LogP contribution in [0.3, 0.4) is 0 Å². The zero-order chi connectivity index (χ0) is 14.3. The molecule has 0 aliphatic rings. The Morgan fingerprint density at radius 2 is 1.75 bits per heavy atom. The number of fused-ring (bicyclic) bond motifs is 1. The maximum absolute atomic E-state index is 12.3. The molecule has 3 nitrogen and oxygen atoms in total. The highest BCUT2D eigenvalue weighted by Crippen LogP contribution is 2.31. The zero-order valence-electron chi connectivity index (χ0n) is 10.6. The summed E-state index contributed by atoms with van der Waals surface area (Å²) < 4.78 is 1.48. The fourth-order valence-electron chi connectivity index (χ4n) is 2.22. The summed E-state index contributed by atoms with van der Waals surface area (Å²) in [5.74, 6) is 0. The molecule has 0 fully saturated rings. The first kappa shape index (κ1) is 13.2. The van der Waals surface area contributed by atoms with Gasteiger partial charge in [0.15, 0.2) is 0 Å². The van der Waals surface area contributed by atoms with Crippen LogP contribution in [-0.4, -0.2) is 9.55 Å². The number of para-hydroxylation sites is 1. The van der Waals surface area contributed by atoms with E-state index in [0.717, 1.165) is 5.39 Å². The summed E-state index contributed by atoms with van der Waals surface area (Å²) in [5.41, 5.74) is 1.56. The molecule has 0 aliphatic carbocycles. The van der Waals surface area contributed by atoms with Gasteiger partial charge in [-0.05, 0) is 31.2 Å². The summed E-state index contributed by atoms with van der Waals surface area (Å²) in [5, 5.41) is 1.58. The number of hydrogen-bond acceptors (Lipinski definition) is 2. The summed E-state index contributed by atoms with van der Waals surface area (Å²) in [6.45, 7) is 1.78. The fraction of sp³-hybridized carbons (Fsp3) is 0.0667. The molecule has 100 valence electrons. The second-order valence-corrected chi connectivity index (χ2v) is 5.19. The Labute approximate surface area is 125 Å². The molecule has 20 heavy (non-hydrogen) atoms. The Morgan fingerprint density at radius 3 is 2.45 bits per heavy atom. The van der Waals surface area contributed by atoms with Gasteiger partial charge < -0.3 is 0 Å². The minimum absolute atomic E-state index is 0.357. The van der Waals surface area contributed by atoms with Crippen molar-refractivity contribution in [2.24, 2.45) is 0 Å². The molecule has 2 aromatic carbocycles. The molecular formula is C15H10Cl2N2O. The highest BCUT2D eigenvalue weighted by atomic mass is 35.5. The SMILES string of the molecule is Cc1nc(=O)n(-c2ccccc2)c2c(Cl)c(Cl)ccc12. The Morgan fingerprint density at radius 1 is 1.05 bits per heavy atom. The third-order valence-corrected chi connectivity index (χ3v) is 3.95. The predicted octanol–water partition coefficient (Wildman–Crippen LogP) is 4.00. The third-order valence-electron chi connectivity index (χ3n) is 3.15. The summed E-state index contributed by atoms with van der Waals surface area (Å²) in [6.07, 6.45) is 0. The van der Waals surface area contributed by atoms with Crippen molar-refractivity contribution >= 4 is 34.1 Å². The lowest BCUT2D eigenvalue weighted by Gasteiger charge is -2.13. The van der Waals surface area contributed by atoms with E-state index in [1.54, 1.807) is 13.0 Å². The first-order valence-electron chi connectivity index (χ1n) is 6.02. The lowest BCUT2D eigenvalue weighted by Crippen LogP contribution is -2.23. The van der Waals surface area contributed by atoms with Crippen molar-refractivity contribution in [1.29, 1.82) is 0 Å². The van der Waals surface area contributed by atoms with Crippen molar-refractivity contribution in [3.05, 3.63) is 68.7 Å². The normalized spacial score (nSPS) is 10.9. The Kier molecular flexibility index (Phi) is 3.24. The molecule has 0 amide bonds. The average molecular weight is 305 g/mol. The summed E-state index contributed by atoms with van der Waals surface area (Å²) in [7, 11) is 0. The van der Waals surface area contributed by atoms with E-state index in [9.17, 15) is 4.79 Å². The van der Waals surface area contributed by atoms with Crippen molar-refractivity contribution in [2.75, 3.05) is 0 Å². The number of aromatic nitrogens is 2. The van der Waals surface area contributed by atoms with Gasteiger partial charge in [-0.2, -0.15) is 4.98 Å². The molecule has 0 radical (unpaired) electrons. The molecule has 1 heterocycles. The first-order chi connectivity index (χ1) is 9.59. The second kappa shape index (κ2) is 4.93. The van der Waals surface area contributed by atoms with Gasteiger partial charge in [-0.15, -0.1) is 0 Å². The van der Waals surface area contributed by atoms with E-state index in [0.29, 0.717) is 26.9 Å². The van der Waals surface area contributed by atoms with Crippen LogP contribution in [0.1, 0.15) is 5.69 Å². The van der Waals surface area contributed by atoms with Crippen LogP contribution in [0.2, 0.25) is 10.0 Å². The van der Waals surface area contributed by atoms with Gasteiger partial charge in [0, 0.05) is 5.39 Å². The van der Waals surface area contributed by atoms with Crippen molar-refractivity contribution in [1.82, 2.24) is 9.55 Å². The quantitative estimate of drug-likeness (QED) is 0.681. The van der Waals surface area contributed by atoms with Crippen LogP contribution in [-0.2, 0) is 0 Å². The zero-order valence-corrected chi connectivity index (χ0v) is 12.1. The highest BCUT2D eigenvalue weighted by molar-refractivity contribution is 6.45. The lowest BCUT2D eigenvalue weighted by molar-refractivity contribution is 0.940. The van der Waals surface area contributed by atoms with Gasteiger partial charge in [0.2, 0.25) is 0 Å². The minimum Gasteiger partial charge on any atom is -0.259 e. The number of nitrogens with zero attached hydrogens (tertiary/aromatic N) is 2. The monoisotopic (exact) mass is 304 g/mol. The van der Waals surface area contributed by atoms with Gasteiger partial charge >= 0.3 is 5.69 Å². The standard InChI is InChI=1S/C15H10Cl2N2O/c1-9-11-7-8-12(16)13(17)14(11)19(15(20)18-9)10-5-3-2-4-6-10/h2-8H,1H3. The summed E-state index contributed by atoms with van der Waals surface area (Å²) in [4.78, 5) is 16.3. The molecule has 5 heteroatoms. The van der Waals surface area contributed by atoms with Crippen LogP contribution in [0.15, 0.2) is 47.3 Å².